The van der Waals surface area contributed by atoms with Crippen LogP contribution in [0.1, 0.15) is 57.4 Å². The summed E-state index contributed by atoms with van der Waals surface area (Å²) in [5, 5.41) is 10.9. The van der Waals surface area contributed by atoms with Crippen molar-refractivity contribution in [2.75, 3.05) is 6.54 Å². The third-order valence-corrected chi connectivity index (χ3v) is 8.44. The molecule has 2 nitrogen and oxygen atoms in total. The van der Waals surface area contributed by atoms with E-state index in [2.05, 4.69) is 52.6 Å². The molecule has 1 saturated carbocycles. The number of rotatable bonds is 3. The van der Waals surface area contributed by atoms with Gasteiger partial charge in [-0.25, -0.2) is 0 Å². The Bertz CT molecular complexity index is 467. The molecule has 21 heavy (non-hydrogen) atoms. The van der Waals surface area contributed by atoms with E-state index in [1.54, 1.807) is 11.3 Å². The molecule has 3 N–H and O–H groups in total. The summed E-state index contributed by atoms with van der Waals surface area (Å²) in [7, 11) is 0. The summed E-state index contributed by atoms with van der Waals surface area (Å²) in [5.41, 5.74) is 6.28. The molecule has 0 amide bonds. The largest absolute Gasteiger partial charge is 0.387 e. The monoisotopic (exact) mass is 437 g/mol. The van der Waals surface area contributed by atoms with Gasteiger partial charge in [-0.05, 0) is 74.9 Å². The van der Waals surface area contributed by atoms with Crippen LogP contribution in [0.25, 0.3) is 0 Å². The molecule has 1 heterocycles. The molecule has 0 spiro atoms. The highest BCUT2D eigenvalue weighted by atomic mass is 79.9. The lowest BCUT2D eigenvalue weighted by Crippen LogP contribution is -2.41. The number of halogens is 2. The predicted octanol–water partition coefficient (Wildman–Crippen LogP) is 5.49. The molecule has 120 valence electrons. The molecular formula is C16H25Br2NOS. The molecule has 1 fully saturated rings. The third kappa shape index (κ3) is 3.74. The van der Waals surface area contributed by atoms with E-state index in [-0.39, 0.29) is 5.41 Å². The van der Waals surface area contributed by atoms with Crippen LogP contribution < -0.4 is 5.73 Å². The van der Waals surface area contributed by atoms with Crippen molar-refractivity contribution in [1.82, 2.24) is 0 Å². The Morgan fingerprint density at radius 3 is 2.33 bits per heavy atom. The van der Waals surface area contributed by atoms with Gasteiger partial charge in [-0.3, -0.25) is 0 Å². The third-order valence-electron chi connectivity index (χ3n) is 5.13. The lowest BCUT2D eigenvalue weighted by Gasteiger charge is -2.45. The molecule has 0 saturated heterocycles. The standard InChI is InChI=1S/C16H25Br2NOS/c1-15(2,3)10-4-6-16(9-19,7-5-10)13(20)12-8-11(17)14(18)21-12/h8,10,13,20H,4-7,9,19H2,1-3H3. The number of hydrogen-bond donors (Lipinski definition) is 2. The number of nitrogens with two attached hydrogens (primary N) is 1. The van der Waals surface area contributed by atoms with E-state index in [1.807, 2.05) is 6.07 Å². The molecular weight excluding hydrogens is 414 g/mol. The molecule has 0 aliphatic heterocycles. The average Bonchev–Trinajstić information content (AvgIpc) is 2.77. The number of aliphatic hydroxyl groups excluding tert-OH is 1. The van der Waals surface area contributed by atoms with Gasteiger partial charge in [0.1, 0.15) is 0 Å². The highest BCUT2D eigenvalue weighted by molar-refractivity contribution is 9.13. The second-order valence-corrected chi connectivity index (χ2v) is 10.6. The van der Waals surface area contributed by atoms with Crippen LogP contribution >= 0.6 is 43.2 Å². The van der Waals surface area contributed by atoms with Gasteiger partial charge in [-0.2, -0.15) is 0 Å². The summed E-state index contributed by atoms with van der Waals surface area (Å²) in [5.74, 6) is 0.728. The summed E-state index contributed by atoms with van der Waals surface area (Å²) >= 11 is 8.62. The van der Waals surface area contributed by atoms with Gasteiger partial charge in [0.25, 0.3) is 0 Å². The molecule has 1 unspecified atom stereocenters. The van der Waals surface area contributed by atoms with Crippen molar-refractivity contribution < 1.29 is 5.11 Å². The zero-order valence-electron chi connectivity index (χ0n) is 13.0. The normalized spacial score (nSPS) is 28.6. The lowest BCUT2D eigenvalue weighted by molar-refractivity contribution is -0.0215. The van der Waals surface area contributed by atoms with Crippen molar-refractivity contribution in [3.8, 4) is 0 Å². The van der Waals surface area contributed by atoms with Gasteiger partial charge in [0.05, 0.1) is 9.89 Å². The van der Waals surface area contributed by atoms with Crippen LogP contribution in [0.5, 0.6) is 0 Å². The zero-order chi connectivity index (χ0) is 15.8. The Balaban J connectivity index is 2.16. The summed E-state index contributed by atoms with van der Waals surface area (Å²) in [6, 6.07) is 2.02. The average molecular weight is 439 g/mol. The van der Waals surface area contributed by atoms with Gasteiger partial charge in [0.15, 0.2) is 0 Å². The minimum atomic E-state index is -0.462. The Morgan fingerprint density at radius 1 is 1.38 bits per heavy atom. The first-order chi connectivity index (χ1) is 9.69. The first kappa shape index (κ1) is 17.9. The second-order valence-electron chi connectivity index (χ2n) is 7.38. The predicted molar refractivity (Wildman–Crippen MR) is 97.6 cm³/mol. The topological polar surface area (TPSA) is 46.2 Å². The first-order valence-corrected chi connectivity index (χ1v) is 9.93. The van der Waals surface area contributed by atoms with Crippen molar-refractivity contribution in [2.24, 2.45) is 22.5 Å². The van der Waals surface area contributed by atoms with Gasteiger partial charge in [-0.15, -0.1) is 11.3 Å². The Morgan fingerprint density at radius 2 is 1.95 bits per heavy atom. The van der Waals surface area contributed by atoms with Gasteiger partial charge in [-0.1, -0.05) is 20.8 Å². The molecule has 1 aliphatic carbocycles. The van der Waals surface area contributed by atoms with E-state index in [0.29, 0.717) is 12.0 Å². The molecule has 1 atom stereocenters. The second kappa shape index (κ2) is 6.60. The highest BCUT2D eigenvalue weighted by Crippen LogP contribution is 2.52. The van der Waals surface area contributed by atoms with E-state index in [4.69, 9.17) is 5.73 Å². The van der Waals surface area contributed by atoms with Crippen LogP contribution in [0.15, 0.2) is 14.3 Å². The van der Waals surface area contributed by atoms with E-state index >= 15 is 0 Å². The lowest BCUT2D eigenvalue weighted by atomic mass is 9.62. The molecule has 5 heteroatoms. The summed E-state index contributed by atoms with van der Waals surface area (Å²) in [4.78, 5) is 1.01. The zero-order valence-corrected chi connectivity index (χ0v) is 16.9. The van der Waals surface area contributed by atoms with Gasteiger partial charge in [0.2, 0.25) is 0 Å². The molecule has 1 aromatic rings. The molecule has 2 rings (SSSR count). The molecule has 0 bridgehead atoms. The number of hydrogen-bond acceptors (Lipinski definition) is 3. The Hall–Kier alpha value is 0.580. The Kier molecular flexibility index (Phi) is 5.63. The van der Waals surface area contributed by atoms with Crippen LogP contribution in [0.4, 0.5) is 0 Å². The molecule has 0 radical (unpaired) electrons. The van der Waals surface area contributed by atoms with Crippen molar-refractivity contribution in [1.29, 1.82) is 0 Å². The quantitative estimate of drug-likeness (QED) is 0.655. The molecule has 1 aliphatic rings. The van der Waals surface area contributed by atoms with Crippen LogP contribution in [0.2, 0.25) is 0 Å². The maximum atomic E-state index is 10.9. The van der Waals surface area contributed by atoms with Crippen molar-refractivity contribution in [2.45, 2.75) is 52.6 Å². The van der Waals surface area contributed by atoms with E-state index < -0.39 is 6.10 Å². The molecule has 1 aromatic heterocycles. The fourth-order valence-electron chi connectivity index (χ4n) is 3.45. The Labute approximate surface area is 148 Å². The van der Waals surface area contributed by atoms with E-state index in [1.165, 1.54) is 0 Å². The fourth-order valence-corrected chi connectivity index (χ4v) is 5.67. The van der Waals surface area contributed by atoms with Crippen LogP contribution in [0.3, 0.4) is 0 Å². The SMILES string of the molecule is CC(C)(C)C1CCC(CN)(C(O)c2cc(Br)c(Br)s2)CC1. The van der Waals surface area contributed by atoms with Crippen LogP contribution in [0, 0.1) is 16.7 Å². The van der Waals surface area contributed by atoms with Crippen molar-refractivity contribution in [3.63, 3.8) is 0 Å². The highest BCUT2D eigenvalue weighted by Gasteiger charge is 2.43. The fraction of sp³-hybridized carbons (Fsp3) is 0.750. The molecule has 0 aromatic carbocycles. The van der Waals surface area contributed by atoms with Crippen LogP contribution in [-0.2, 0) is 0 Å². The summed E-state index contributed by atoms with van der Waals surface area (Å²) < 4.78 is 2.05. The number of thiophene rings is 1. The van der Waals surface area contributed by atoms with Gasteiger partial charge >= 0.3 is 0 Å². The van der Waals surface area contributed by atoms with E-state index in [0.717, 1.165) is 44.7 Å². The van der Waals surface area contributed by atoms with Crippen molar-refractivity contribution in [3.05, 3.63) is 19.2 Å². The minimum Gasteiger partial charge on any atom is -0.387 e. The number of aliphatic hydroxyl groups is 1. The van der Waals surface area contributed by atoms with E-state index in [9.17, 15) is 5.11 Å². The summed E-state index contributed by atoms with van der Waals surface area (Å²) in [6.45, 7) is 7.50. The van der Waals surface area contributed by atoms with Gasteiger partial charge in [0, 0.05) is 21.3 Å². The van der Waals surface area contributed by atoms with Gasteiger partial charge < -0.3 is 10.8 Å². The first-order valence-electron chi connectivity index (χ1n) is 7.52. The summed E-state index contributed by atoms with van der Waals surface area (Å²) in [6.07, 6.45) is 3.88. The maximum absolute atomic E-state index is 10.9. The maximum Gasteiger partial charge on any atom is 0.0950 e. The smallest absolute Gasteiger partial charge is 0.0950 e. The van der Waals surface area contributed by atoms with Crippen LogP contribution in [-0.4, -0.2) is 11.7 Å². The minimum absolute atomic E-state index is 0.161. The van der Waals surface area contributed by atoms with Crippen molar-refractivity contribution >= 4 is 43.2 Å².